The molecule has 0 amide bonds. The van der Waals surface area contributed by atoms with Gasteiger partial charge in [-0.05, 0) is 13.0 Å². The largest absolute Gasteiger partial charge is 0.490 e. The van der Waals surface area contributed by atoms with Crippen molar-refractivity contribution in [2.45, 2.75) is 32.8 Å². The fourth-order valence-corrected chi connectivity index (χ4v) is 1.78. The van der Waals surface area contributed by atoms with Crippen molar-refractivity contribution in [1.82, 2.24) is 0 Å². The lowest BCUT2D eigenvalue weighted by Gasteiger charge is -2.26. The molecule has 1 heterocycles. The number of esters is 1. The summed E-state index contributed by atoms with van der Waals surface area (Å²) < 4.78 is 10.9. The number of carbonyl (C=O) groups is 2. The van der Waals surface area contributed by atoms with Gasteiger partial charge >= 0.3 is 5.97 Å². The minimum absolute atomic E-state index is 0.00748. The summed E-state index contributed by atoms with van der Waals surface area (Å²) in [5.74, 6) is 0.201. The number of hydrogen-bond donors (Lipinski definition) is 0. The highest BCUT2D eigenvalue weighted by Crippen LogP contribution is 2.25. The zero-order chi connectivity index (χ0) is 12.4. The van der Waals surface area contributed by atoms with Crippen LogP contribution in [0, 0.1) is 5.92 Å². The Hall–Kier alpha value is -1.58. The molecular formula is C13H16O4. The molecular weight excluding hydrogens is 220 g/mol. The summed E-state index contributed by atoms with van der Waals surface area (Å²) in [6, 6.07) is 0. The van der Waals surface area contributed by atoms with Gasteiger partial charge in [-0.3, -0.25) is 4.79 Å². The first-order valence-corrected chi connectivity index (χ1v) is 5.83. The first-order valence-electron chi connectivity index (χ1n) is 5.83. The van der Waals surface area contributed by atoms with Gasteiger partial charge in [0.25, 0.3) is 0 Å². The van der Waals surface area contributed by atoms with Gasteiger partial charge in [0.2, 0.25) is 0 Å². The van der Waals surface area contributed by atoms with E-state index in [2.05, 4.69) is 0 Å². The van der Waals surface area contributed by atoms with Gasteiger partial charge in [0.15, 0.2) is 0 Å². The third kappa shape index (κ3) is 2.57. The maximum atomic E-state index is 11.8. The summed E-state index contributed by atoms with van der Waals surface area (Å²) in [5.41, 5.74) is 0.350. The van der Waals surface area contributed by atoms with Crippen molar-refractivity contribution < 1.29 is 19.1 Å². The van der Waals surface area contributed by atoms with E-state index in [0.717, 1.165) is 0 Å². The average Bonchev–Trinajstić information content (AvgIpc) is 2.46. The number of cyclic esters (lactones) is 1. The third-order valence-electron chi connectivity index (χ3n) is 3.12. The highest BCUT2D eigenvalue weighted by atomic mass is 16.5. The number of allylic oxidation sites excluding steroid dienone is 2. The molecule has 1 aliphatic heterocycles. The molecule has 0 bridgehead atoms. The SMILES string of the molecule is C[C@@H]1COC(=O)C2=C(C=CCC(=O)C2)O[C@H]1C. The maximum absolute atomic E-state index is 11.8. The van der Waals surface area contributed by atoms with Crippen LogP contribution in [0.3, 0.4) is 0 Å². The summed E-state index contributed by atoms with van der Waals surface area (Å²) in [5, 5.41) is 0. The van der Waals surface area contributed by atoms with Crippen LogP contribution in [0.1, 0.15) is 26.7 Å². The molecule has 0 radical (unpaired) electrons. The van der Waals surface area contributed by atoms with Crippen LogP contribution in [0.4, 0.5) is 0 Å². The third-order valence-corrected chi connectivity index (χ3v) is 3.12. The minimum atomic E-state index is -0.432. The van der Waals surface area contributed by atoms with Crippen molar-refractivity contribution >= 4 is 11.8 Å². The fraction of sp³-hybridized carbons (Fsp3) is 0.538. The van der Waals surface area contributed by atoms with Gasteiger partial charge in [0.05, 0.1) is 12.2 Å². The van der Waals surface area contributed by atoms with Crippen LogP contribution in [-0.4, -0.2) is 24.5 Å². The molecule has 0 saturated carbocycles. The van der Waals surface area contributed by atoms with Crippen LogP contribution in [0.15, 0.2) is 23.5 Å². The normalized spacial score (nSPS) is 29.8. The average molecular weight is 236 g/mol. The second-order valence-electron chi connectivity index (χ2n) is 4.56. The summed E-state index contributed by atoms with van der Waals surface area (Å²) in [6.45, 7) is 4.23. The maximum Gasteiger partial charge on any atom is 0.338 e. The van der Waals surface area contributed by atoms with E-state index in [4.69, 9.17) is 9.47 Å². The quantitative estimate of drug-likeness (QED) is 0.601. The van der Waals surface area contributed by atoms with Gasteiger partial charge in [-0.15, -0.1) is 0 Å². The smallest absolute Gasteiger partial charge is 0.338 e. The van der Waals surface area contributed by atoms with Crippen LogP contribution in [0.2, 0.25) is 0 Å². The van der Waals surface area contributed by atoms with E-state index in [-0.39, 0.29) is 24.2 Å². The van der Waals surface area contributed by atoms with Gasteiger partial charge < -0.3 is 9.47 Å². The van der Waals surface area contributed by atoms with E-state index in [1.807, 2.05) is 13.8 Å². The molecule has 0 aromatic carbocycles. The second kappa shape index (κ2) is 4.73. The minimum Gasteiger partial charge on any atom is -0.490 e. The molecule has 17 heavy (non-hydrogen) atoms. The first-order chi connectivity index (χ1) is 8.08. The zero-order valence-electron chi connectivity index (χ0n) is 10.1. The van der Waals surface area contributed by atoms with Crippen molar-refractivity contribution in [3.63, 3.8) is 0 Å². The molecule has 0 saturated heterocycles. The first kappa shape index (κ1) is 11.9. The highest BCUT2D eigenvalue weighted by Gasteiger charge is 2.28. The van der Waals surface area contributed by atoms with E-state index in [0.29, 0.717) is 24.4 Å². The molecule has 1 aliphatic carbocycles. The lowest BCUT2D eigenvalue weighted by molar-refractivity contribution is -0.144. The molecule has 0 aromatic heterocycles. The van der Waals surface area contributed by atoms with Crippen LogP contribution >= 0.6 is 0 Å². The van der Waals surface area contributed by atoms with E-state index >= 15 is 0 Å². The van der Waals surface area contributed by atoms with Gasteiger partial charge in [-0.1, -0.05) is 13.0 Å². The standard InChI is InChI=1S/C13H16O4/c1-8-7-16-13(15)11-6-10(14)4-3-5-12(11)17-9(8)2/h3,5,8-9H,4,6-7H2,1-2H3/t8-,9+/m1/s1. The Bertz CT molecular complexity index is 406. The molecule has 4 nitrogen and oxygen atoms in total. The molecule has 2 rings (SSSR count). The zero-order valence-corrected chi connectivity index (χ0v) is 10.1. The number of ketones is 1. The molecule has 0 spiro atoms. The molecule has 0 fully saturated rings. The number of ether oxygens (including phenoxy) is 2. The Morgan fingerprint density at radius 2 is 2.06 bits per heavy atom. The Kier molecular flexibility index (Phi) is 3.31. The number of hydrogen-bond acceptors (Lipinski definition) is 4. The molecule has 4 heteroatoms. The lowest BCUT2D eigenvalue weighted by Crippen LogP contribution is -2.28. The van der Waals surface area contributed by atoms with Crippen molar-refractivity contribution in [3.8, 4) is 0 Å². The predicted octanol–water partition coefficient (Wildman–Crippen LogP) is 1.76. The van der Waals surface area contributed by atoms with E-state index < -0.39 is 5.97 Å². The van der Waals surface area contributed by atoms with Crippen LogP contribution in [0.25, 0.3) is 0 Å². The van der Waals surface area contributed by atoms with Crippen LogP contribution < -0.4 is 0 Å². The summed E-state index contributed by atoms with van der Waals surface area (Å²) >= 11 is 0. The number of carbonyl (C=O) groups excluding carboxylic acids is 2. The van der Waals surface area contributed by atoms with Gasteiger partial charge in [0, 0.05) is 18.8 Å². The fourth-order valence-electron chi connectivity index (χ4n) is 1.78. The van der Waals surface area contributed by atoms with Gasteiger partial charge in [0.1, 0.15) is 17.6 Å². The molecule has 92 valence electrons. The molecule has 0 aromatic rings. The second-order valence-corrected chi connectivity index (χ2v) is 4.56. The summed E-state index contributed by atoms with van der Waals surface area (Å²) in [7, 11) is 0. The highest BCUT2D eigenvalue weighted by molar-refractivity contribution is 5.97. The molecule has 2 atom stereocenters. The molecule has 0 unspecified atom stereocenters. The van der Waals surface area contributed by atoms with Crippen molar-refractivity contribution in [2.75, 3.05) is 6.61 Å². The van der Waals surface area contributed by atoms with Crippen molar-refractivity contribution in [3.05, 3.63) is 23.5 Å². The van der Waals surface area contributed by atoms with Crippen LogP contribution in [-0.2, 0) is 19.1 Å². The Labute approximate surface area is 100 Å². The molecule has 2 aliphatic rings. The Morgan fingerprint density at radius 3 is 2.82 bits per heavy atom. The van der Waals surface area contributed by atoms with Crippen LogP contribution in [0.5, 0.6) is 0 Å². The van der Waals surface area contributed by atoms with Crippen molar-refractivity contribution in [2.24, 2.45) is 5.92 Å². The summed E-state index contributed by atoms with van der Waals surface area (Å²) in [6.07, 6.45) is 3.84. The number of Topliss-reactive ketones (excluding diaryl/α,β-unsaturated/α-hetero) is 1. The molecule has 0 N–H and O–H groups in total. The topological polar surface area (TPSA) is 52.6 Å². The summed E-state index contributed by atoms with van der Waals surface area (Å²) in [4.78, 5) is 23.3. The number of rotatable bonds is 0. The van der Waals surface area contributed by atoms with Gasteiger partial charge in [-0.25, -0.2) is 4.79 Å². The van der Waals surface area contributed by atoms with E-state index in [9.17, 15) is 9.59 Å². The van der Waals surface area contributed by atoms with Gasteiger partial charge in [-0.2, -0.15) is 0 Å². The predicted molar refractivity (Wildman–Crippen MR) is 61.1 cm³/mol. The Balaban J connectivity index is 2.35. The Morgan fingerprint density at radius 1 is 1.29 bits per heavy atom. The lowest BCUT2D eigenvalue weighted by atomic mass is 10.0. The van der Waals surface area contributed by atoms with E-state index in [1.165, 1.54) is 0 Å². The van der Waals surface area contributed by atoms with Crippen molar-refractivity contribution in [1.29, 1.82) is 0 Å². The monoisotopic (exact) mass is 236 g/mol. The van der Waals surface area contributed by atoms with E-state index in [1.54, 1.807) is 12.2 Å².